The molecular weight excluding hydrogens is 267 g/mol. The third-order valence-corrected chi connectivity index (χ3v) is 3.74. The average Bonchev–Trinajstić information content (AvgIpc) is 2.97. The summed E-state index contributed by atoms with van der Waals surface area (Å²) in [6.07, 6.45) is -5.04. The summed E-state index contributed by atoms with van der Waals surface area (Å²) in [5, 5.41) is 8.88. The molecule has 2 saturated heterocycles. The molecule has 0 spiro atoms. The van der Waals surface area contributed by atoms with Crippen LogP contribution in [0, 0.1) is 5.41 Å². The number of carboxylic acid groups (broad SMARTS) is 1. The van der Waals surface area contributed by atoms with Gasteiger partial charge in [0.15, 0.2) is 5.41 Å². The van der Waals surface area contributed by atoms with E-state index >= 15 is 0 Å². The Labute approximate surface area is 107 Å². The van der Waals surface area contributed by atoms with Crippen molar-refractivity contribution >= 4 is 11.9 Å². The summed E-state index contributed by atoms with van der Waals surface area (Å²) in [6.45, 7) is -0.622. The monoisotopic (exact) mass is 281 g/mol. The second-order valence-electron chi connectivity index (χ2n) is 4.90. The van der Waals surface area contributed by atoms with Gasteiger partial charge in [-0.05, 0) is 19.3 Å². The van der Waals surface area contributed by atoms with E-state index < -0.39 is 42.5 Å². The van der Waals surface area contributed by atoms with E-state index in [9.17, 15) is 22.8 Å². The van der Waals surface area contributed by atoms with Crippen molar-refractivity contribution in [2.24, 2.45) is 5.41 Å². The van der Waals surface area contributed by atoms with Crippen LogP contribution in [0.25, 0.3) is 0 Å². The molecule has 108 valence electrons. The zero-order chi connectivity index (χ0) is 14.3. The number of rotatable bonds is 2. The van der Waals surface area contributed by atoms with Crippen LogP contribution < -0.4 is 0 Å². The molecule has 0 saturated carbocycles. The largest absolute Gasteiger partial charge is 0.481 e. The van der Waals surface area contributed by atoms with Gasteiger partial charge in [-0.25, -0.2) is 0 Å². The van der Waals surface area contributed by atoms with Crippen molar-refractivity contribution in [2.45, 2.75) is 31.5 Å². The summed E-state index contributed by atoms with van der Waals surface area (Å²) < 4.78 is 43.9. The number of nitrogens with zero attached hydrogens (tertiary/aromatic N) is 1. The lowest BCUT2D eigenvalue weighted by molar-refractivity contribution is -0.227. The quantitative estimate of drug-likeness (QED) is 0.821. The maximum atomic E-state index is 12.9. The summed E-state index contributed by atoms with van der Waals surface area (Å²) >= 11 is 0. The van der Waals surface area contributed by atoms with Gasteiger partial charge in [0.05, 0.1) is 0 Å². The minimum atomic E-state index is -4.87. The maximum absolute atomic E-state index is 12.9. The number of amides is 1. The van der Waals surface area contributed by atoms with Crippen LogP contribution in [-0.2, 0) is 14.3 Å². The van der Waals surface area contributed by atoms with Gasteiger partial charge in [-0.3, -0.25) is 9.59 Å². The molecule has 0 aromatic heterocycles. The fourth-order valence-electron chi connectivity index (χ4n) is 2.50. The zero-order valence-electron chi connectivity index (χ0n) is 10.1. The number of hydrogen-bond donors (Lipinski definition) is 1. The first-order valence-electron chi connectivity index (χ1n) is 5.98. The fourth-order valence-corrected chi connectivity index (χ4v) is 2.50. The second-order valence-corrected chi connectivity index (χ2v) is 4.90. The topological polar surface area (TPSA) is 66.8 Å². The van der Waals surface area contributed by atoms with Gasteiger partial charge in [0.2, 0.25) is 0 Å². The van der Waals surface area contributed by atoms with Gasteiger partial charge >= 0.3 is 12.1 Å². The first kappa shape index (κ1) is 14.1. The standard InChI is InChI=1S/C11H14F3NO4/c12-11(13,14)10(9(17)18)3-4-15(6-10)8(16)7-2-1-5-19-7/h7H,1-6H2,(H,17,18)/t7-,10?/m1/s1. The van der Waals surface area contributed by atoms with Crippen LogP contribution in [0.1, 0.15) is 19.3 Å². The Hall–Kier alpha value is -1.31. The molecule has 2 atom stereocenters. The second kappa shape index (κ2) is 4.66. The van der Waals surface area contributed by atoms with Crippen LogP contribution in [0.2, 0.25) is 0 Å². The average molecular weight is 281 g/mol. The molecule has 2 rings (SSSR count). The molecule has 5 nitrogen and oxygen atoms in total. The number of halogens is 3. The highest BCUT2D eigenvalue weighted by atomic mass is 19.4. The summed E-state index contributed by atoms with van der Waals surface area (Å²) in [6, 6.07) is 0. The van der Waals surface area contributed by atoms with Crippen molar-refractivity contribution in [3.63, 3.8) is 0 Å². The Morgan fingerprint density at radius 1 is 1.37 bits per heavy atom. The first-order chi connectivity index (χ1) is 8.78. The number of likely N-dealkylation sites (tertiary alicyclic amines) is 1. The Morgan fingerprint density at radius 3 is 2.47 bits per heavy atom. The third kappa shape index (κ3) is 2.29. The van der Waals surface area contributed by atoms with E-state index in [1.807, 2.05) is 0 Å². The fraction of sp³-hybridized carbons (Fsp3) is 0.818. The van der Waals surface area contributed by atoms with Crippen molar-refractivity contribution in [1.82, 2.24) is 4.90 Å². The first-order valence-corrected chi connectivity index (χ1v) is 5.98. The molecule has 2 fully saturated rings. The van der Waals surface area contributed by atoms with Gasteiger partial charge in [-0.1, -0.05) is 0 Å². The highest BCUT2D eigenvalue weighted by Crippen LogP contribution is 2.46. The Morgan fingerprint density at radius 2 is 2.05 bits per heavy atom. The minimum Gasteiger partial charge on any atom is -0.481 e. The highest BCUT2D eigenvalue weighted by Gasteiger charge is 2.64. The molecule has 0 aromatic carbocycles. The van der Waals surface area contributed by atoms with Gasteiger partial charge in [0, 0.05) is 19.7 Å². The van der Waals surface area contributed by atoms with Crippen LogP contribution in [0.4, 0.5) is 13.2 Å². The minimum absolute atomic E-state index is 0.204. The van der Waals surface area contributed by atoms with Crippen molar-refractivity contribution in [1.29, 1.82) is 0 Å². The Kier molecular flexibility index (Phi) is 3.46. The Bertz CT molecular complexity index is 392. The maximum Gasteiger partial charge on any atom is 0.406 e. The normalized spacial score (nSPS) is 31.7. The SMILES string of the molecule is O=C([C@H]1CCCO1)N1CCC(C(=O)O)(C(F)(F)F)C1. The van der Waals surface area contributed by atoms with Crippen LogP contribution >= 0.6 is 0 Å². The lowest BCUT2D eigenvalue weighted by Crippen LogP contribution is -2.48. The van der Waals surface area contributed by atoms with Crippen LogP contribution in [0.3, 0.4) is 0 Å². The smallest absolute Gasteiger partial charge is 0.406 e. The van der Waals surface area contributed by atoms with E-state index in [0.29, 0.717) is 19.4 Å². The number of ether oxygens (including phenoxy) is 1. The van der Waals surface area contributed by atoms with Crippen molar-refractivity contribution < 1.29 is 32.6 Å². The number of alkyl halides is 3. The lowest BCUT2D eigenvalue weighted by Gasteiger charge is -2.27. The van der Waals surface area contributed by atoms with E-state index in [4.69, 9.17) is 9.84 Å². The molecular formula is C11H14F3NO4. The molecule has 0 aromatic rings. The number of aliphatic carboxylic acids is 1. The van der Waals surface area contributed by atoms with E-state index in [2.05, 4.69) is 0 Å². The number of hydrogen-bond acceptors (Lipinski definition) is 3. The van der Waals surface area contributed by atoms with Crippen LogP contribution in [0.15, 0.2) is 0 Å². The van der Waals surface area contributed by atoms with E-state index in [0.717, 1.165) is 4.90 Å². The molecule has 19 heavy (non-hydrogen) atoms. The molecule has 0 bridgehead atoms. The van der Waals surface area contributed by atoms with Gasteiger partial charge in [0.25, 0.3) is 5.91 Å². The van der Waals surface area contributed by atoms with Crippen molar-refractivity contribution in [3.05, 3.63) is 0 Å². The molecule has 0 aliphatic carbocycles. The molecule has 2 heterocycles. The van der Waals surface area contributed by atoms with E-state index in [1.54, 1.807) is 0 Å². The summed E-state index contributed by atoms with van der Waals surface area (Å²) in [5.41, 5.74) is -2.85. The Balaban J connectivity index is 2.13. The van der Waals surface area contributed by atoms with Gasteiger partial charge in [-0.2, -0.15) is 13.2 Å². The van der Waals surface area contributed by atoms with E-state index in [-0.39, 0.29) is 6.54 Å². The molecule has 1 amide bonds. The summed E-state index contributed by atoms with van der Waals surface area (Å²) in [7, 11) is 0. The molecule has 2 aliphatic rings. The molecule has 8 heteroatoms. The predicted octanol–water partition coefficient (Wildman–Crippen LogP) is 1.03. The predicted molar refractivity (Wildman–Crippen MR) is 56.3 cm³/mol. The third-order valence-electron chi connectivity index (χ3n) is 3.74. The van der Waals surface area contributed by atoms with Crippen LogP contribution in [-0.4, -0.2) is 53.9 Å². The number of carboxylic acids is 1. The molecule has 0 radical (unpaired) electrons. The highest BCUT2D eigenvalue weighted by molar-refractivity contribution is 5.84. The van der Waals surface area contributed by atoms with Crippen molar-refractivity contribution in [2.75, 3.05) is 19.7 Å². The van der Waals surface area contributed by atoms with E-state index in [1.165, 1.54) is 0 Å². The van der Waals surface area contributed by atoms with Crippen molar-refractivity contribution in [3.8, 4) is 0 Å². The van der Waals surface area contributed by atoms with Crippen LogP contribution in [0.5, 0.6) is 0 Å². The molecule has 1 N–H and O–H groups in total. The summed E-state index contributed by atoms with van der Waals surface area (Å²) in [4.78, 5) is 23.9. The van der Waals surface area contributed by atoms with Gasteiger partial charge < -0.3 is 14.7 Å². The molecule has 2 aliphatic heterocycles. The van der Waals surface area contributed by atoms with Gasteiger partial charge in [-0.15, -0.1) is 0 Å². The number of carbonyl (C=O) groups excluding carboxylic acids is 1. The summed E-state index contributed by atoms with van der Waals surface area (Å²) in [5.74, 6) is -2.47. The van der Waals surface area contributed by atoms with Gasteiger partial charge in [0.1, 0.15) is 6.10 Å². The number of carbonyl (C=O) groups is 2. The molecule has 1 unspecified atom stereocenters. The lowest BCUT2D eigenvalue weighted by atomic mass is 9.86. The zero-order valence-corrected chi connectivity index (χ0v) is 10.1.